The van der Waals surface area contributed by atoms with Gasteiger partial charge in [0.05, 0.1) is 18.3 Å². The molecule has 0 radical (unpaired) electrons. The van der Waals surface area contributed by atoms with Gasteiger partial charge in [-0.2, -0.15) is 0 Å². The number of nitrogens with one attached hydrogen (secondary N) is 1. The number of hydrogen-bond acceptors (Lipinski definition) is 4. The summed E-state index contributed by atoms with van der Waals surface area (Å²) >= 11 is 0. The molecule has 1 fully saturated rings. The Bertz CT molecular complexity index is 400. The number of rotatable bonds is 3. The van der Waals surface area contributed by atoms with E-state index in [1.807, 2.05) is 11.9 Å². The highest BCUT2D eigenvalue weighted by Gasteiger charge is 2.34. The Balaban J connectivity index is 2.15. The summed E-state index contributed by atoms with van der Waals surface area (Å²) in [5.41, 5.74) is 0.946. The Labute approximate surface area is 108 Å². The van der Waals surface area contributed by atoms with Crippen LogP contribution in [0.15, 0.2) is 17.1 Å². The van der Waals surface area contributed by atoms with Crippen molar-refractivity contribution in [1.29, 1.82) is 0 Å². The molecule has 5 nitrogen and oxygen atoms in total. The van der Waals surface area contributed by atoms with Gasteiger partial charge in [-0.1, -0.05) is 13.8 Å². The first-order valence-electron chi connectivity index (χ1n) is 6.35. The topological polar surface area (TPSA) is 58.4 Å². The molecule has 5 heteroatoms. The summed E-state index contributed by atoms with van der Waals surface area (Å²) in [6.45, 7) is 5.69. The van der Waals surface area contributed by atoms with Crippen LogP contribution in [0.2, 0.25) is 0 Å². The van der Waals surface area contributed by atoms with Gasteiger partial charge in [-0.3, -0.25) is 4.79 Å². The number of hydrogen-bond donors (Lipinski definition) is 1. The lowest BCUT2D eigenvalue weighted by atomic mass is 9.87. The first-order valence-corrected chi connectivity index (χ1v) is 6.35. The van der Waals surface area contributed by atoms with E-state index in [0.717, 1.165) is 25.1 Å². The summed E-state index contributed by atoms with van der Waals surface area (Å²) in [5.74, 6) is 0.158. The third kappa shape index (κ3) is 2.90. The summed E-state index contributed by atoms with van der Waals surface area (Å²) < 4.78 is 4.96. The van der Waals surface area contributed by atoms with Crippen LogP contribution in [0.5, 0.6) is 0 Å². The van der Waals surface area contributed by atoms with Gasteiger partial charge in [-0.05, 0) is 25.3 Å². The summed E-state index contributed by atoms with van der Waals surface area (Å²) in [5, 5.41) is 3.11. The SMILES string of the molecule is CNC1CCC(C)(C)CN(Cc2cocn2)C1=O. The van der Waals surface area contributed by atoms with Crippen LogP contribution in [0.4, 0.5) is 0 Å². The molecule has 100 valence electrons. The normalized spacial score (nSPS) is 24.1. The van der Waals surface area contributed by atoms with Gasteiger partial charge in [-0.25, -0.2) is 4.98 Å². The smallest absolute Gasteiger partial charge is 0.240 e. The van der Waals surface area contributed by atoms with Crippen molar-refractivity contribution < 1.29 is 9.21 Å². The molecule has 1 unspecified atom stereocenters. The van der Waals surface area contributed by atoms with E-state index in [9.17, 15) is 4.79 Å². The zero-order valence-electron chi connectivity index (χ0n) is 11.3. The number of nitrogens with zero attached hydrogens (tertiary/aromatic N) is 2. The third-order valence-electron chi connectivity index (χ3n) is 3.52. The lowest BCUT2D eigenvalue weighted by Crippen LogP contribution is -2.44. The van der Waals surface area contributed by atoms with Crippen LogP contribution in [0.1, 0.15) is 32.4 Å². The highest BCUT2D eigenvalue weighted by Crippen LogP contribution is 2.29. The molecule has 1 aliphatic heterocycles. The molecule has 1 amide bonds. The number of likely N-dealkylation sites (tertiary alicyclic amines) is 1. The molecular weight excluding hydrogens is 230 g/mol. The van der Waals surface area contributed by atoms with Crippen LogP contribution in [0, 0.1) is 5.41 Å². The molecule has 0 saturated carbocycles. The van der Waals surface area contributed by atoms with E-state index in [4.69, 9.17) is 4.42 Å². The summed E-state index contributed by atoms with van der Waals surface area (Å²) in [7, 11) is 1.84. The number of aromatic nitrogens is 1. The first-order chi connectivity index (χ1) is 8.52. The van der Waals surface area contributed by atoms with Gasteiger partial charge in [0.2, 0.25) is 5.91 Å². The lowest BCUT2D eigenvalue weighted by Gasteiger charge is -2.29. The molecule has 2 rings (SSSR count). The predicted molar refractivity (Wildman–Crippen MR) is 67.8 cm³/mol. The monoisotopic (exact) mass is 251 g/mol. The van der Waals surface area contributed by atoms with Gasteiger partial charge in [-0.15, -0.1) is 0 Å². The molecule has 0 spiro atoms. The zero-order valence-corrected chi connectivity index (χ0v) is 11.3. The van der Waals surface area contributed by atoms with Crippen molar-refractivity contribution in [3.05, 3.63) is 18.4 Å². The number of oxazole rings is 1. The second-order valence-electron chi connectivity index (χ2n) is 5.72. The first kappa shape index (κ1) is 13.1. The van der Waals surface area contributed by atoms with E-state index in [0.29, 0.717) is 6.54 Å². The van der Waals surface area contributed by atoms with Gasteiger partial charge < -0.3 is 14.6 Å². The van der Waals surface area contributed by atoms with Crippen molar-refractivity contribution >= 4 is 5.91 Å². The largest absolute Gasteiger partial charge is 0.451 e. The van der Waals surface area contributed by atoms with Crippen LogP contribution in [0.3, 0.4) is 0 Å². The molecule has 1 aromatic rings. The molecule has 0 aliphatic carbocycles. The van der Waals surface area contributed by atoms with Crippen molar-refractivity contribution in [2.24, 2.45) is 5.41 Å². The quantitative estimate of drug-likeness (QED) is 0.882. The van der Waals surface area contributed by atoms with Crippen molar-refractivity contribution in [1.82, 2.24) is 15.2 Å². The van der Waals surface area contributed by atoms with Gasteiger partial charge >= 0.3 is 0 Å². The maximum atomic E-state index is 12.4. The van der Waals surface area contributed by atoms with Gasteiger partial charge in [0.25, 0.3) is 0 Å². The summed E-state index contributed by atoms with van der Waals surface area (Å²) in [6, 6.07) is -0.0846. The molecule has 1 aromatic heterocycles. The average Bonchev–Trinajstić information content (AvgIpc) is 2.77. The van der Waals surface area contributed by atoms with Crippen LogP contribution in [-0.4, -0.2) is 35.4 Å². The minimum atomic E-state index is -0.0846. The van der Waals surface area contributed by atoms with E-state index in [1.165, 1.54) is 6.39 Å². The second-order valence-corrected chi connectivity index (χ2v) is 5.72. The summed E-state index contributed by atoms with van der Waals surface area (Å²) in [6.07, 6.45) is 4.93. The highest BCUT2D eigenvalue weighted by atomic mass is 16.3. The van der Waals surface area contributed by atoms with Crippen LogP contribution in [-0.2, 0) is 11.3 Å². The van der Waals surface area contributed by atoms with Crippen molar-refractivity contribution in [2.45, 2.75) is 39.3 Å². The fourth-order valence-corrected chi connectivity index (χ4v) is 2.47. The van der Waals surface area contributed by atoms with E-state index in [1.54, 1.807) is 6.26 Å². The van der Waals surface area contributed by atoms with Crippen LogP contribution >= 0.6 is 0 Å². The maximum absolute atomic E-state index is 12.4. The molecule has 0 aromatic carbocycles. The molecule has 2 heterocycles. The Morgan fingerprint density at radius 1 is 1.61 bits per heavy atom. The average molecular weight is 251 g/mol. The minimum absolute atomic E-state index is 0.0846. The molecule has 0 bridgehead atoms. The molecule has 1 N–H and O–H groups in total. The molecule has 18 heavy (non-hydrogen) atoms. The predicted octanol–water partition coefficient (Wildman–Crippen LogP) is 1.41. The lowest BCUT2D eigenvalue weighted by molar-refractivity contribution is -0.134. The van der Waals surface area contributed by atoms with Gasteiger partial charge in [0.15, 0.2) is 6.39 Å². The third-order valence-corrected chi connectivity index (χ3v) is 3.52. The Kier molecular flexibility index (Phi) is 3.71. The van der Waals surface area contributed by atoms with E-state index < -0.39 is 0 Å². The van der Waals surface area contributed by atoms with E-state index in [2.05, 4.69) is 24.1 Å². The van der Waals surface area contributed by atoms with Crippen LogP contribution < -0.4 is 5.32 Å². The van der Waals surface area contributed by atoms with Crippen LogP contribution in [0.25, 0.3) is 0 Å². The zero-order chi connectivity index (χ0) is 13.2. The maximum Gasteiger partial charge on any atom is 0.240 e. The van der Waals surface area contributed by atoms with Crippen molar-refractivity contribution in [3.8, 4) is 0 Å². The second kappa shape index (κ2) is 5.10. The number of amides is 1. The van der Waals surface area contributed by atoms with Gasteiger partial charge in [0, 0.05) is 6.54 Å². The molecule has 1 aliphatic rings. The Hall–Kier alpha value is -1.36. The van der Waals surface area contributed by atoms with Gasteiger partial charge in [0.1, 0.15) is 6.26 Å². The van der Waals surface area contributed by atoms with Crippen molar-refractivity contribution in [3.63, 3.8) is 0 Å². The fourth-order valence-electron chi connectivity index (χ4n) is 2.47. The Morgan fingerprint density at radius 2 is 2.39 bits per heavy atom. The number of likely N-dealkylation sites (N-methyl/N-ethyl adjacent to an activating group) is 1. The molecular formula is C13H21N3O2. The minimum Gasteiger partial charge on any atom is -0.451 e. The molecule has 1 atom stereocenters. The Morgan fingerprint density at radius 3 is 3.00 bits per heavy atom. The van der Waals surface area contributed by atoms with E-state index in [-0.39, 0.29) is 17.4 Å². The number of carbonyl (C=O) groups is 1. The van der Waals surface area contributed by atoms with Crippen molar-refractivity contribution in [2.75, 3.05) is 13.6 Å². The number of carbonyl (C=O) groups excluding carboxylic acids is 1. The fraction of sp³-hybridized carbons (Fsp3) is 0.692. The molecule has 1 saturated heterocycles. The highest BCUT2D eigenvalue weighted by molar-refractivity contribution is 5.82. The van der Waals surface area contributed by atoms with E-state index >= 15 is 0 Å². The standard InChI is InChI=1S/C13H21N3O2/c1-13(2)5-4-11(14-3)12(17)16(8-13)6-10-7-18-9-15-10/h7,9,11,14H,4-6,8H2,1-3H3. The summed E-state index contributed by atoms with van der Waals surface area (Å²) in [4.78, 5) is 18.4.